The molecule has 0 spiro atoms. The molecule has 15 heavy (non-hydrogen) atoms. The molecule has 1 aromatic rings. The summed E-state index contributed by atoms with van der Waals surface area (Å²) < 4.78 is 0. The van der Waals surface area contributed by atoms with Gasteiger partial charge in [-0.2, -0.15) is 0 Å². The summed E-state index contributed by atoms with van der Waals surface area (Å²) in [4.78, 5) is 11.3. The normalized spacial score (nSPS) is 9.93. The van der Waals surface area contributed by atoms with E-state index in [9.17, 15) is 4.79 Å². The third-order valence-electron chi connectivity index (χ3n) is 2.19. The Bertz CT molecular complexity index is 285. The molecular formula is C12H18N2O. The first kappa shape index (κ1) is 11.7. The molecular weight excluding hydrogens is 188 g/mol. The van der Waals surface area contributed by atoms with Crippen LogP contribution in [0.5, 0.6) is 0 Å². The van der Waals surface area contributed by atoms with E-state index in [1.54, 1.807) is 0 Å². The van der Waals surface area contributed by atoms with E-state index in [2.05, 4.69) is 5.32 Å². The summed E-state index contributed by atoms with van der Waals surface area (Å²) in [5.74, 6) is 0.104. The predicted octanol–water partition coefficient (Wildman–Crippen LogP) is 1.43. The summed E-state index contributed by atoms with van der Waals surface area (Å²) in [7, 11) is 0. The number of hydrogen-bond donors (Lipinski definition) is 2. The maximum Gasteiger partial charge on any atom is 0.220 e. The number of nitrogens with one attached hydrogen (secondary N) is 1. The molecule has 0 radical (unpaired) electrons. The van der Waals surface area contributed by atoms with Crippen LogP contribution in [0.3, 0.4) is 0 Å². The minimum atomic E-state index is 0.104. The van der Waals surface area contributed by atoms with Crippen LogP contribution in [0, 0.1) is 0 Å². The predicted molar refractivity (Wildman–Crippen MR) is 61.2 cm³/mol. The average molecular weight is 206 g/mol. The van der Waals surface area contributed by atoms with Crippen molar-refractivity contribution < 1.29 is 4.79 Å². The zero-order valence-electron chi connectivity index (χ0n) is 8.91. The molecule has 3 N–H and O–H groups in total. The second-order valence-electron chi connectivity index (χ2n) is 3.51. The topological polar surface area (TPSA) is 55.1 Å². The zero-order chi connectivity index (χ0) is 10.9. The Labute approximate surface area is 90.7 Å². The Morgan fingerprint density at radius 3 is 2.60 bits per heavy atom. The van der Waals surface area contributed by atoms with Gasteiger partial charge in [0.1, 0.15) is 0 Å². The first-order valence-corrected chi connectivity index (χ1v) is 5.33. The lowest BCUT2D eigenvalue weighted by Gasteiger charge is -2.04. The van der Waals surface area contributed by atoms with Crippen LogP contribution in [0.2, 0.25) is 0 Å². The highest BCUT2D eigenvalue weighted by Crippen LogP contribution is 1.98. The van der Waals surface area contributed by atoms with Crippen LogP contribution in [-0.4, -0.2) is 12.5 Å². The van der Waals surface area contributed by atoms with Crippen molar-refractivity contribution in [1.29, 1.82) is 0 Å². The van der Waals surface area contributed by atoms with Gasteiger partial charge in [0.05, 0.1) is 0 Å². The van der Waals surface area contributed by atoms with E-state index in [1.807, 2.05) is 30.3 Å². The van der Waals surface area contributed by atoms with Gasteiger partial charge in [-0.05, 0) is 24.9 Å². The van der Waals surface area contributed by atoms with Crippen LogP contribution in [0.25, 0.3) is 0 Å². The van der Waals surface area contributed by atoms with E-state index in [4.69, 9.17) is 5.73 Å². The largest absolute Gasteiger partial charge is 0.352 e. The summed E-state index contributed by atoms with van der Waals surface area (Å²) in [5.41, 5.74) is 6.48. The molecule has 1 amide bonds. The molecule has 82 valence electrons. The van der Waals surface area contributed by atoms with E-state index in [0.29, 0.717) is 19.5 Å². The molecule has 3 nitrogen and oxygen atoms in total. The molecule has 0 unspecified atom stereocenters. The molecule has 0 atom stereocenters. The van der Waals surface area contributed by atoms with Gasteiger partial charge in [0, 0.05) is 13.0 Å². The Kier molecular flexibility index (Phi) is 5.48. The fourth-order valence-electron chi connectivity index (χ4n) is 1.31. The van der Waals surface area contributed by atoms with Crippen LogP contribution in [0.1, 0.15) is 24.8 Å². The number of carbonyl (C=O) groups excluding carboxylic acids is 1. The number of carbonyl (C=O) groups is 1. The summed E-state index contributed by atoms with van der Waals surface area (Å²) in [6.45, 7) is 1.27. The maximum atomic E-state index is 11.3. The third kappa shape index (κ3) is 5.18. The summed E-state index contributed by atoms with van der Waals surface area (Å²) in [6.07, 6.45) is 2.36. The Balaban J connectivity index is 2.17. The van der Waals surface area contributed by atoms with E-state index in [1.165, 1.54) is 0 Å². The lowest BCUT2D eigenvalue weighted by molar-refractivity contribution is -0.121. The lowest BCUT2D eigenvalue weighted by Crippen LogP contribution is -2.22. The fraction of sp³-hybridized carbons (Fsp3) is 0.417. The third-order valence-corrected chi connectivity index (χ3v) is 2.19. The highest BCUT2D eigenvalue weighted by Gasteiger charge is 1.99. The van der Waals surface area contributed by atoms with Crippen molar-refractivity contribution in [3.63, 3.8) is 0 Å². The summed E-state index contributed by atoms with van der Waals surface area (Å²) in [5, 5.41) is 2.88. The Morgan fingerprint density at radius 2 is 1.93 bits per heavy atom. The molecule has 3 heteroatoms. The van der Waals surface area contributed by atoms with Gasteiger partial charge >= 0.3 is 0 Å². The fourth-order valence-corrected chi connectivity index (χ4v) is 1.31. The maximum absolute atomic E-state index is 11.3. The summed E-state index contributed by atoms with van der Waals surface area (Å²) in [6, 6.07) is 9.90. The number of hydrogen-bond acceptors (Lipinski definition) is 2. The first-order chi connectivity index (χ1) is 7.33. The SMILES string of the molecule is NCCCCC(=O)NCc1ccccc1. The molecule has 0 aliphatic carbocycles. The molecule has 0 aliphatic heterocycles. The van der Waals surface area contributed by atoms with Crippen LogP contribution >= 0.6 is 0 Å². The van der Waals surface area contributed by atoms with Crippen molar-refractivity contribution in [2.75, 3.05) is 6.54 Å². The molecule has 1 aromatic carbocycles. The van der Waals surface area contributed by atoms with Crippen molar-refractivity contribution in [2.45, 2.75) is 25.8 Å². The standard InChI is InChI=1S/C12H18N2O/c13-9-5-4-8-12(15)14-10-11-6-2-1-3-7-11/h1-3,6-7H,4-5,8-10,13H2,(H,14,15). The molecule has 0 heterocycles. The van der Waals surface area contributed by atoms with Gasteiger partial charge in [0.2, 0.25) is 5.91 Å². The number of benzene rings is 1. The van der Waals surface area contributed by atoms with E-state index in [-0.39, 0.29) is 5.91 Å². The first-order valence-electron chi connectivity index (χ1n) is 5.33. The van der Waals surface area contributed by atoms with E-state index in [0.717, 1.165) is 18.4 Å². The van der Waals surface area contributed by atoms with Crippen molar-refractivity contribution in [3.05, 3.63) is 35.9 Å². The van der Waals surface area contributed by atoms with Gasteiger partial charge in [0.15, 0.2) is 0 Å². The summed E-state index contributed by atoms with van der Waals surface area (Å²) >= 11 is 0. The number of unbranched alkanes of at least 4 members (excludes halogenated alkanes) is 1. The highest BCUT2D eigenvalue weighted by atomic mass is 16.1. The monoisotopic (exact) mass is 206 g/mol. The number of rotatable bonds is 6. The molecule has 0 fully saturated rings. The van der Waals surface area contributed by atoms with E-state index < -0.39 is 0 Å². The quantitative estimate of drug-likeness (QED) is 0.692. The minimum absolute atomic E-state index is 0.104. The van der Waals surface area contributed by atoms with Gasteiger partial charge < -0.3 is 11.1 Å². The Hall–Kier alpha value is -1.35. The van der Waals surface area contributed by atoms with Gasteiger partial charge in [-0.25, -0.2) is 0 Å². The number of amides is 1. The van der Waals surface area contributed by atoms with Crippen molar-refractivity contribution in [1.82, 2.24) is 5.32 Å². The lowest BCUT2D eigenvalue weighted by atomic mass is 10.2. The molecule has 0 aliphatic rings. The van der Waals surface area contributed by atoms with Gasteiger partial charge in [0.25, 0.3) is 0 Å². The molecule has 1 rings (SSSR count). The van der Waals surface area contributed by atoms with Crippen LogP contribution in [0.15, 0.2) is 30.3 Å². The Morgan fingerprint density at radius 1 is 1.20 bits per heavy atom. The highest BCUT2D eigenvalue weighted by molar-refractivity contribution is 5.75. The zero-order valence-corrected chi connectivity index (χ0v) is 8.91. The average Bonchev–Trinajstić information content (AvgIpc) is 2.28. The minimum Gasteiger partial charge on any atom is -0.352 e. The smallest absolute Gasteiger partial charge is 0.220 e. The van der Waals surface area contributed by atoms with Crippen molar-refractivity contribution in [3.8, 4) is 0 Å². The molecule has 0 aromatic heterocycles. The van der Waals surface area contributed by atoms with E-state index >= 15 is 0 Å². The van der Waals surface area contributed by atoms with Gasteiger partial charge in [-0.1, -0.05) is 30.3 Å². The van der Waals surface area contributed by atoms with Crippen LogP contribution in [0.4, 0.5) is 0 Å². The molecule has 0 saturated heterocycles. The van der Waals surface area contributed by atoms with Crippen LogP contribution < -0.4 is 11.1 Å². The number of nitrogens with two attached hydrogens (primary N) is 1. The van der Waals surface area contributed by atoms with Crippen molar-refractivity contribution >= 4 is 5.91 Å². The molecule has 0 saturated carbocycles. The molecule has 0 bridgehead atoms. The van der Waals surface area contributed by atoms with Crippen LogP contribution in [-0.2, 0) is 11.3 Å². The van der Waals surface area contributed by atoms with Crippen molar-refractivity contribution in [2.24, 2.45) is 5.73 Å². The second kappa shape index (κ2) is 7.01. The van der Waals surface area contributed by atoms with Gasteiger partial charge in [-0.3, -0.25) is 4.79 Å². The van der Waals surface area contributed by atoms with Gasteiger partial charge in [-0.15, -0.1) is 0 Å². The second-order valence-corrected chi connectivity index (χ2v) is 3.51.